The molecule has 3 aliphatic rings. The number of carbonyl (C=O) groups excluding carboxylic acids is 1. The molecule has 2 fully saturated rings. The van der Waals surface area contributed by atoms with E-state index < -0.39 is 0 Å². The molecule has 0 saturated heterocycles. The molecule has 6 nitrogen and oxygen atoms in total. The van der Waals surface area contributed by atoms with Crippen LogP contribution in [0.1, 0.15) is 58.3 Å². The number of non-ortho nitro benzene ring substituents is 1. The molecule has 1 aliphatic heterocycles. The van der Waals surface area contributed by atoms with Crippen molar-refractivity contribution in [3.63, 3.8) is 0 Å². The molecule has 0 aromatic heterocycles. The van der Waals surface area contributed by atoms with Crippen LogP contribution in [-0.4, -0.2) is 18.0 Å². The SMILES string of the molecule is COC(=O)c1ccc([C@@H]2Nc3c(C)cc([N+](=O)[O-])cc3[C@H]3[C@H]4CC[C@@H](C4)[C@@H]32)cc1. The summed E-state index contributed by atoms with van der Waals surface area (Å²) in [6.07, 6.45) is 3.64. The fourth-order valence-electron chi connectivity index (χ4n) is 6.14. The van der Waals surface area contributed by atoms with Crippen LogP contribution in [-0.2, 0) is 4.74 Å². The number of nitrogens with zero attached hydrogens (tertiary/aromatic N) is 1. The van der Waals surface area contributed by atoms with E-state index in [1.165, 1.54) is 26.4 Å². The quantitative estimate of drug-likeness (QED) is 0.452. The van der Waals surface area contributed by atoms with Gasteiger partial charge in [-0.3, -0.25) is 10.1 Å². The highest BCUT2D eigenvalue weighted by molar-refractivity contribution is 5.89. The fourth-order valence-corrected chi connectivity index (χ4v) is 6.14. The smallest absolute Gasteiger partial charge is 0.337 e. The monoisotopic (exact) mass is 392 g/mol. The zero-order valence-electron chi connectivity index (χ0n) is 16.6. The maximum absolute atomic E-state index is 11.8. The molecule has 6 heteroatoms. The third kappa shape index (κ3) is 2.73. The normalized spacial score (nSPS) is 29.0. The lowest BCUT2D eigenvalue weighted by molar-refractivity contribution is -0.385. The topological polar surface area (TPSA) is 81.5 Å². The van der Waals surface area contributed by atoms with Gasteiger partial charge in [0.2, 0.25) is 0 Å². The third-order valence-corrected chi connectivity index (χ3v) is 7.28. The van der Waals surface area contributed by atoms with Crippen molar-refractivity contribution in [1.82, 2.24) is 0 Å². The minimum absolute atomic E-state index is 0.148. The number of fused-ring (bicyclic) bond motifs is 7. The molecule has 2 bridgehead atoms. The number of nitro groups is 1. The number of esters is 1. The number of nitro benzene ring substituents is 1. The first-order chi connectivity index (χ1) is 14.0. The lowest BCUT2D eigenvalue weighted by Crippen LogP contribution is -2.35. The van der Waals surface area contributed by atoms with Gasteiger partial charge in [-0.15, -0.1) is 0 Å². The average Bonchev–Trinajstić information content (AvgIpc) is 3.35. The van der Waals surface area contributed by atoms with Crippen molar-refractivity contribution >= 4 is 17.3 Å². The van der Waals surface area contributed by atoms with Gasteiger partial charge < -0.3 is 10.1 Å². The van der Waals surface area contributed by atoms with E-state index in [2.05, 4.69) is 5.32 Å². The number of hydrogen-bond donors (Lipinski definition) is 1. The van der Waals surface area contributed by atoms with Crippen molar-refractivity contribution in [2.75, 3.05) is 12.4 Å². The van der Waals surface area contributed by atoms with Crippen molar-refractivity contribution in [2.45, 2.75) is 38.1 Å². The summed E-state index contributed by atoms with van der Waals surface area (Å²) in [5, 5.41) is 15.2. The molecule has 5 rings (SSSR count). The van der Waals surface area contributed by atoms with Gasteiger partial charge >= 0.3 is 5.97 Å². The molecule has 0 unspecified atom stereocenters. The van der Waals surface area contributed by atoms with Crippen LogP contribution in [0.5, 0.6) is 0 Å². The minimum atomic E-state index is -0.334. The number of carbonyl (C=O) groups is 1. The summed E-state index contributed by atoms with van der Waals surface area (Å²) in [5.74, 6) is 1.68. The second-order valence-corrected chi connectivity index (χ2v) is 8.66. The Morgan fingerprint density at radius 1 is 1.17 bits per heavy atom. The van der Waals surface area contributed by atoms with Gasteiger partial charge in [0.25, 0.3) is 5.69 Å². The van der Waals surface area contributed by atoms with Crippen molar-refractivity contribution in [3.05, 3.63) is 68.8 Å². The van der Waals surface area contributed by atoms with Crippen molar-refractivity contribution in [2.24, 2.45) is 17.8 Å². The molecule has 1 N–H and O–H groups in total. The summed E-state index contributed by atoms with van der Waals surface area (Å²) in [6.45, 7) is 1.95. The highest BCUT2D eigenvalue weighted by Crippen LogP contribution is 2.64. The maximum atomic E-state index is 11.8. The molecule has 29 heavy (non-hydrogen) atoms. The highest BCUT2D eigenvalue weighted by Gasteiger charge is 2.54. The van der Waals surface area contributed by atoms with Crippen LogP contribution in [0.15, 0.2) is 36.4 Å². The number of methoxy groups -OCH3 is 1. The first-order valence-corrected chi connectivity index (χ1v) is 10.2. The van der Waals surface area contributed by atoms with E-state index in [0.29, 0.717) is 29.2 Å². The predicted octanol–water partition coefficient (Wildman–Crippen LogP) is 4.99. The Bertz CT molecular complexity index is 1000. The molecule has 2 aromatic carbocycles. The van der Waals surface area contributed by atoms with Crippen LogP contribution >= 0.6 is 0 Å². The summed E-state index contributed by atoms with van der Waals surface area (Å²) in [4.78, 5) is 22.9. The van der Waals surface area contributed by atoms with Gasteiger partial charge in [0.15, 0.2) is 0 Å². The lowest BCUT2D eigenvalue weighted by Gasteiger charge is -2.44. The maximum Gasteiger partial charge on any atom is 0.337 e. The van der Waals surface area contributed by atoms with Crippen molar-refractivity contribution in [1.29, 1.82) is 0 Å². The zero-order chi connectivity index (χ0) is 20.3. The second kappa shape index (κ2) is 6.58. The summed E-state index contributed by atoms with van der Waals surface area (Å²) in [7, 11) is 1.39. The van der Waals surface area contributed by atoms with E-state index >= 15 is 0 Å². The van der Waals surface area contributed by atoms with Gasteiger partial charge in [-0.25, -0.2) is 4.79 Å². The van der Waals surface area contributed by atoms with E-state index in [-0.39, 0.29) is 22.6 Å². The van der Waals surface area contributed by atoms with Crippen LogP contribution in [0, 0.1) is 34.8 Å². The summed E-state index contributed by atoms with van der Waals surface area (Å²) >= 11 is 0. The summed E-state index contributed by atoms with van der Waals surface area (Å²) < 4.78 is 4.81. The average molecular weight is 392 g/mol. The molecular weight excluding hydrogens is 368 g/mol. The van der Waals surface area contributed by atoms with Gasteiger partial charge in [0, 0.05) is 17.8 Å². The Morgan fingerprint density at radius 3 is 2.59 bits per heavy atom. The predicted molar refractivity (Wildman–Crippen MR) is 109 cm³/mol. The molecule has 2 aliphatic carbocycles. The Balaban J connectivity index is 1.59. The molecule has 150 valence electrons. The van der Waals surface area contributed by atoms with Crippen molar-refractivity contribution < 1.29 is 14.5 Å². The van der Waals surface area contributed by atoms with Crippen LogP contribution in [0.3, 0.4) is 0 Å². The van der Waals surface area contributed by atoms with Gasteiger partial charge in [-0.2, -0.15) is 0 Å². The number of rotatable bonds is 3. The lowest BCUT2D eigenvalue weighted by atomic mass is 9.67. The largest absolute Gasteiger partial charge is 0.465 e. The van der Waals surface area contributed by atoms with E-state index in [1.54, 1.807) is 12.1 Å². The van der Waals surface area contributed by atoms with Crippen molar-refractivity contribution in [3.8, 4) is 0 Å². The van der Waals surface area contributed by atoms with Crippen LogP contribution in [0.4, 0.5) is 11.4 Å². The first-order valence-electron chi connectivity index (χ1n) is 10.2. The molecule has 5 atom stereocenters. The van der Waals surface area contributed by atoms with Gasteiger partial charge in [-0.1, -0.05) is 12.1 Å². The van der Waals surface area contributed by atoms with Gasteiger partial charge in [-0.05, 0) is 78.7 Å². The standard InChI is InChI=1S/C23H24N2O4/c1-12-9-17(25(27)28)11-18-19-15-7-8-16(10-15)20(19)22(24-21(12)18)13-3-5-14(6-4-13)23(26)29-2/h3-6,9,11,15-16,19-20,22,24H,7-8,10H2,1-2H3/t15-,16-,19+,20-,22-/m0/s1. The third-order valence-electron chi connectivity index (χ3n) is 7.28. The van der Waals surface area contributed by atoms with Gasteiger partial charge in [0.1, 0.15) is 0 Å². The Morgan fingerprint density at radius 2 is 1.90 bits per heavy atom. The Kier molecular flexibility index (Phi) is 4.12. The number of hydrogen-bond acceptors (Lipinski definition) is 5. The summed E-state index contributed by atoms with van der Waals surface area (Å²) in [5.41, 5.74) is 4.98. The number of anilines is 1. The van der Waals surface area contributed by atoms with Crippen LogP contribution < -0.4 is 5.32 Å². The van der Waals surface area contributed by atoms with E-state index in [9.17, 15) is 14.9 Å². The molecule has 2 saturated carbocycles. The van der Waals surface area contributed by atoms with E-state index in [0.717, 1.165) is 22.4 Å². The minimum Gasteiger partial charge on any atom is -0.465 e. The number of aryl methyl sites for hydroxylation is 1. The van der Waals surface area contributed by atoms with Crippen LogP contribution in [0.2, 0.25) is 0 Å². The molecule has 1 heterocycles. The first kappa shape index (κ1) is 18.2. The fraction of sp³-hybridized carbons (Fsp3) is 0.435. The number of benzene rings is 2. The molecule has 0 amide bonds. The summed E-state index contributed by atoms with van der Waals surface area (Å²) in [6, 6.07) is 11.3. The number of ether oxygens (including phenoxy) is 1. The number of nitrogens with one attached hydrogen (secondary N) is 1. The molecule has 0 spiro atoms. The van der Waals surface area contributed by atoms with E-state index in [4.69, 9.17) is 4.74 Å². The highest BCUT2D eigenvalue weighted by atomic mass is 16.6. The molecular formula is C23H24N2O4. The Hall–Kier alpha value is -2.89. The zero-order valence-corrected chi connectivity index (χ0v) is 16.6. The molecule has 0 radical (unpaired) electrons. The second-order valence-electron chi connectivity index (χ2n) is 8.66. The van der Waals surface area contributed by atoms with Gasteiger partial charge in [0.05, 0.1) is 23.6 Å². The van der Waals surface area contributed by atoms with Crippen LogP contribution in [0.25, 0.3) is 0 Å². The molecule has 2 aromatic rings. The Labute approximate surface area is 169 Å². The van der Waals surface area contributed by atoms with E-state index in [1.807, 2.05) is 31.2 Å².